The molecule has 1 heterocycles. The Hall–Kier alpha value is -2.75. The first-order valence-corrected chi connectivity index (χ1v) is 9.82. The number of esters is 1. The van der Waals surface area contributed by atoms with Gasteiger partial charge in [0.15, 0.2) is 0 Å². The van der Waals surface area contributed by atoms with Crippen molar-refractivity contribution in [3.05, 3.63) is 64.9 Å². The number of benzene rings is 2. The van der Waals surface area contributed by atoms with Gasteiger partial charge in [-0.05, 0) is 60.2 Å². The molecule has 0 aliphatic carbocycles. The number of methoxy groups -OCH3 is 1. The average molecular weight is 380 g/mol. The maximum Gasteiger partial charge on any atom is 0.337 e. The molecular weight excluding hydrogens is 352 g/mol. The van der Waals surface area contributed by atoms with Gasteiger partial charge in [0, 0.05) is 5.39 Å². The van der Waals surface area contributed by atoms with Gasteiger partial charge in [0.05, 0.1) is 18.1 Å². The van der Waals surface area contributed by atoms with Crippen LogP contribution in [0.15, 0.2) is 46.9 Å². The van der Waals surface area contributed by atoms with Crippen LogP contribution in [0.2, 0.25) is 0 Å². The molecule has 3 rings (SSSR count). The van der Waals surface area contributed by atoms with Crippen molar-refractivity contribution in [3.63, 3.8) is 0 Å². The van der Waals surface area contributed by atoms with Gasteiger partial charge in [-0.3, -0.25) is 0 Å². The molecule has 0 fully saturated rings. The van der Waals surface area contributed by atoms with Crippen molar-refractivity contribution in [3.8, 4) is 5.75 Å². The van der Waals surface area contributed by atoms with Crippen molar-refractivity contribution in [2.24, 2.45) is 0 Å². The van der Waals surface area contributed by atoms with Crippen LogP contribution in [-0.4, -0.2) is 18.2 Å². The quantitative estimate of drug-likeness (QED) is 0.521. The van der Waals surface area contributed by atoms with Crippen LogP contribution in [0.3, 0.4) is 0 Å². The zero-order valence-electron chi connectivity index (χ0n) is 17.2. The van der Waals surface area contributed by atoms with Gasteiger partial charge in [-0.25, -0.2) is 4.79 Å². The first-order valence-electron chi connectivity index (χ1n) is 9.82. The Balaban J connectivity index is 2.16. The van der Waals surface area contributed by atoms with Crippen LogP contribution >= 0.6 is 0 Å². The van der Waals surface area contributed by atoms with Crippen molar-refractivity contribution in [1.29, 1.82) is 0 Å². The number of hydrogen-bond acceptors (Lipinski definition) is 4. The highest BCUT2D eigenvalue weighted by molar-refractivity contribution is 5.94. The molecule has 28 heavy (non-hydrogen) atoms. The molecular formula is C24H28O4. The number of phenols is 1. The minimum absolute atomic E-state index is 0.227. The minimum Gasteiger partial charge on any atom is -0.508 e. The highest BCUT2D eigenvalue weighted by Crippen LogP contribution is 2.43. The lowest BCUT2D eigenvalue weighted by Crippen LogP contribution is -2.25. The Labute approximate surface area is 166 Å². The van der Waals surface area contributed by atoms with Crippen LogP contribution < -0.4 is 0 Å². The fraction of sp³-hybridized carbons (Fsp3) is 0.375. The van der Waals surface area contributed by atoms with E-state index in [0.717, 1.165) is 40.7 Å². The van der Waals surface area contributed by atoms with Crippen LogP contribution in [0, 0.1) is 0 Å². The van der Waals surface area contributed by atoms with Gasteiger partial charge in [-0.15, -0.1) is 0 Å². The fourth-order valence-corrected chi connectivity index (χ4v) is 3.99. The molecule has 148 valence electrons. The van der Waals surface area contributed by atoms with Crippen molar-refractivity contribution < 1.29 is 19.1 Å². The molecule has 4 heteroatoms. The van der Waals surface area contributed by atoms with E-state index in [9.17, 15) is 9.90 Å². The molecule has 1 aromatic heterocycles. The molecule has 0 aliphatic rings. The number of phenolic OH excluding ortho intramolecular Hbond substituents is 1. The van der Waals surface area contributed by atoms with Gasteiger partial charge in [0.1, 0.15) is 17.1 Å². The SMILES string of the molecule is CCC(CC)(c1ccc(O)c(C(C)C)c1)c1cc2cc(C(=O)OC)ccc2o1. The Bertz CT molecular complexity index is 993. The number of ether oxygens (including phenoxy) is 1. The summed E-state index contributed by atoms with van der Waals surface area (Å²) in [5.41, 5.74) is 3.02. The lowest BCUT2D eigenvalue weighted by atomic mass is 9.73. The topological polar surface area (TPSA) is 59.7 Å². The van der Waals surface area contributed by atoms with Crippen molar-refractivity contribution in [2.75, 3.05) is 7.11 Å². The summed E-state index contributed by atoms with van der Waals surface area (Å²) in [7, 11) is 1.38. The molecule has 0 atom stereocenters. The second-order valence-electron chi connectivity index (χ2n) is 7.57. The van der Waals surface area contributed by atoms with Crippen LogP contribution in [-0.2, 0) is 10.2 Å². The smallest absolute Gasteiger partial charge is 0.337 e. The summed E-state index contributed by atoms with van der Waals surface area (Å²) < 4.78 is 11.1. The summed E-state index contributed by atoms with van der Waals surface area (Å²) in [4.78, 5) is 11.9. The maximum absolute atomic E-state index is 11.9. The summed E-state index contributed by atoms with van der Waals surface area (Å²) in [6.45, 7) is 8.46. The van der Waals surface area contributed by atoms with Gasteiger partial charge in [0.2, 0.25) is 0 Å². The van der Waals surface area contributed by atoms with E-state index in [-0.39, 0.29) is 17.3 Å². The van der Waals surface area contributed by atoms with Crippen LogP contribution in [0.5, 0.6) is 5.75 Å². The van der Waals surface area contributed by atoms with E-state index in [2.05, 4.69) is 33.8 Å². The molecule has 2 aromatic carbocycles. The van der Waals surface area contributed by atoms with Gasteiger partial charge >= 0.3 is 5.97 Å². The zero-order chi connectivity index (χ0) is 20.5. The predicted molar refractivity (Wildman–Crippen MR) is 111 cm³/mol. The second kappa shape index (κ2) is 7.70. The van der Waals surface area contributed by atoms with E-state index < -0.39 is 0 Å². The van der Waals surface area contributed by atoms with Crippen molar-refractivity contribution in [1.82, 2.24) is 0 Å². The average Bonchev–Trinajstić information content (AvgIpc) is 3.13. The van der Waals surface area contributed by atoms with Crippen LogP contribution in [0.4, 0.5) is 0 Å². The number of carbonyl (C=O) groups excluding carboxylic acids is 1. The minimum atomic E-state index is -0.359. The maximum atomic E-state index is 11.9. The molecule has 0 amide bonds. The fourth-order valence-electron chi connectivity index (χ4n) is 3.99. The second-order valence-corrected chi connectivity index (χ2v) is 7.57. The molecule has 0 unspecified atom stereocenters. The summed E-state index contributed by atoms with van der Waals surface area (Å²) in [6, 6.07) is 13.2. The van der Waals surface area contributed by atoms with E-state index in [0.29, 0.717) is 11.3 Å². The zero-order valence-corrected chi connectivity index (χ0v) is 17.2. The monoisotopic (exact) mass is 380 g/mol. The number of hydrogen-bond donors (Lipinski definition) is 1. The standard InChI is InChI=1S/C24H28O4/c1-6-24(7-2,18-9-10-20(25)19(14-18)15(3)4)22-13-17-12-16(23(26)27-5)8-11-21(17)28-22/h8-15,25H,6-7H2,1-5H3. The van der Waals surface area contributed by atoms with E-state index in [1.54, 1.807) is 18.2 Å². The number of aromatic hydroxyl groups is 1. The normalized spacial score (nSPS) is 11.9. The summed E-state index contributed by atoms with van der Waals surface area (Å²) in [6.07, 6.45) is 1.71. The largest absolute Gasteiger partial charge is 0.508 e. The highest BCUT2D eigenvalue weighted by atomic mass is 16.5. The molecule has 3 aromatic rings. The third-order valence-corrected chi connectivity index (χ3v) is 5.82. The van der Waals surface area contributed by atoms with E-state index >= 15 is 0 Å². The van der Waals surface area contributed by atoms with Crippen molar-refractivity contribution in [2.45, 2.75) is 51.9 Å². The molecule has 0 saturated heterocycles. The van der Waals surface area contributed by atoms with Crippen LogP contribution in [0.1, 0.15) is 73.7 Å². The van der Waals surface area contributed by atoms with E-state index in [4.69, 9.17) is 9.15 Å². The third-order valence-electron chi connectivity index (χ3n) is 5.82. The molecule has 0 spiro atoms. The first-order chi connectivity index (χ1) is 13.4. The molecule has 1 N–H and O–H groups in total. The Morgan fingerprint density at radius 1 is 1.11 bits per heavy atom. The third kappa shape index (κ3) is 3.28. The molecule has 0 bridgehead atoms. The summed E-state index contributed by atoms with van der Waals surface area (Å²) in [5.74, 6) is 1.06. The van der Waals surface area contributed by atoms with Gasteiger partial charge in [-0.2, -0.15) is 0 Å². The summed E-state index contributed by atoms with van der Waals surface area (Å²) >= 11 is 0. The van der Waals surface area contributed by atoms with Crippen molar-refractivity contribution >= 4 is 16.9 Å². The number of carbonyl (C=O) groups is 1. The van der Waals surface area contributed by atoms with Gasteiger partial charge in [0.25, 0.3) is 0 Å². The molecule has 0 radical (unpaired) electrons. The van der Waals surface area contributed by atoms with Crippen LogP contribution in [0.25, 0.3) is 11.0 Å². The summed E-state index contributed by atoms with van der Waals surface area (Å²) in [5, 5.41) is 11.1. The van der Waals surface area contributed by atoms with E-state index in [1.165, 1.54) is 7.11 Å². The highest BCUT2D eigenvalue weighted by Gasteiger charge is 2.35. The lowest BCUT2D eigenvalue weighted by Gasteiger charge is -2.31. The molecule has 4 nitrogen and oxygen atoms in total. The molecule has 0 saturated carbocycles. The molecule has 0 aliphatic heterocycles. The first kappa shape index (κ1) is 20.0. The number of fused-ring (bicyclic) bond motifs is 1. The number of furan rings is 1. The predicted octanol–water partition coefficient (Wildman–Crippen LogP) is 6.15. The van der Waals surface area contributed by atoms with E-state index in [1.807, 2.05) is 18.2 Å². The Morgan fingerprint density at radius 2 is 1.82 bits per heavy atom. The number of rotatable bonds is 6. The van der Waals surface area contributed by atoms with Gasteiger partial charge < -0.3 is 14.3 Å². The lowest BCUT2D eigenvalue weighted by molar-refractivity contribution is 0.0601. The Kier molecular flexibility index (Phi) is 5.50. The van der Waals surface area contributed by atoms with Gasteiger partial charge in [-0.1, -0.05) is 39.8 Å². The Morgan fingerprint density at radius 3 is 2.43 bits per heavy atom.